The van der Waals surface area contributed by atoms with Crippen LogP contribution in [0.3, 0.4) is 0 Å². The Kier molecular flexibility index (Phi) is 3.47. The average Bonchev–Trinajstić information content (AvgIpc) is 2.29. The Hall–Kier alpha value is -0.650. The van der Waals surface area contributed by atoms with Crippen molar-refractivity contribution in [1.29, 1.82) is 0 Å². The van der Waals surface area contributed by atoms with Gasteiger partial charge in [0.2, 0.25) is 0 Å². The first-order valence-electron chi connectivity index (χ1n) is 5.01. The van der Waals surface area contributed by atoms with Crippen LogP contribution in [-0.4, -0.2) is 14.7 Å². The minimum Gasteiger partial charge on any atom is -0.507 e. The number of carbonyl (C=O) groups excluding carboxylic acids is 1. The molecule has 0 aliphatic carbocycles. The van der Waals surface area contributed by atoms with Gasteiger partial charge in [-0.25, -0.2) is 0 Å². The number of aromatic hydroxyl groups is 1. The van der Waals surface area contributed by atoms with E-state index >= 15 is 0 Å². The molecule has 1 aliphatic heterocycles. The van der Waals surface area contributed by atoms with Crippen LogP contribution in [0.5, 0.6) is 5.75 Å². The van der Waals surface area contributed by atoms with Gasteiger partial charge < -0.3 is 10.2 Å². The average molecular weight is 256 g/mol. The van der Waals surface area contributed by atoms with E-state index in [1.165, 1.54) is 11.8 Å². The van der Waals surface area contributed by atoms with E-state index in [4.69, 9.17) is 0 Å². The molecule has 2 rings (SSSR count). The van der Waals surface area contributed by atoms with Gasteiger partial charge in [0.1, 0.15) is 5.75 Å². The maximum atomic E-state index is 11.3. The van der Waals surface area contributed by atoms with E-state index in [0.29, 0.717) is 17.1 Å². The van der Waals surface area contributed by atoms with Crippen molar-refractivity contribution in [3.05, 3.63) is 23.3 Å². The van der Waals surface area contributed by atoms with Gasteiger partial charge in [-0.05, 0) is 35.4 Å². The van der Waals surface area contributed by atoms with Crippen molar-refractivity contribution in [3.63, 3.8) is 0 Å². The molecule has 0 aromatic heterocycles. The molecule has 0 saturated carbocycles. The molecule has 5 heteroatoms. The summed E-state index contributed by atoms with van der Waals surface area (Å²) in [5, 5.41) is 19.5. The lowest BCUT2D eigenvalue weighted by atomic mass is 10.0. The van der Waals surface area contributed by atoms with E-state index in [9.17, 15) is 15.0 Å². The number of thioether (sulfide) groups is 2. The molecule has 0 spiro atoms. The van der Waals surface area contributed by atoms with Gasteiger partial charge in [0.15, 0.2) is 0 Å². The van der Waals surface area contributed by atoms with E-state index in [-0.39, 0.29) is 10.2 Å². The predicted octanol–water partition coefficient (Wildman–Crippen LogP) is 3.29. The number of aliphatic hydroxyl groups is 1. The number of rotatable bonds is 2. The number of phenolic OH excluding ortho intramolecular Hbond substituents is 1. The van der Waals surface area contributed by atoms with Crippen LogP contribution in [0.2, 0.25) is 0 Å². The van der Waals surface area contributed by atoms with Crippen molar-refractivity contribution >= 4 is 28.0 Å². The SMILES string of the molecule is CCC(O)c1ccc(O)c2c1CSC(=O)S2. The fraction of sp³-hybridized carbons (Fsp3) is 0.364. The second-order valence-corrected chi connectivity index (χ2v) is 5.74. The van der Waals surface area contributed by atoms with Crippen molar-refractivity contribution in [2.75, 3.05) is 0 Å². The van der Waals surface area contributed by atoms with E-state index in [0.717, 1.165) is 22.9 Å². The summed E-state index contributed by atoms with van der Waals surface area (Å²) in [7, 11) is 0. The van der Waals surface area contributed by atoms with Crippen LogP contribution in [0.25, 0.3) is 0 Å². The molecule has 1 aromatic rings. The largest absolute Gasteiger partial charge is 0.507 e. The Morgan fingerprint density at radius 2 is 2.25 bits per heavy atom. The van der Waals surface area contributed by atoms with Gasteiger partial charge in [0.05, 0.1) is 11.0 Å². The lowest BCUT2D eigenvalue weighted by Gasteiger charge is -2.20. The molecular weight excluding hydrogens is 244 g/mol. The Morgan fingerprint density at radius 3 is 2.94 bits per heavy atom. The number of fused-ring (bicyclic) bond motifs is 1. The summed E-state index contributed by atoms with van der Waals surface area (Å²) in [5.41, 5.74) is 1.71. The smallest absolute Gasteiger partial charge is 0.251 e. The second-order valence-electron chi connectivity index (χ2n) is 3.55. The molecule has 86 valence electrons. The van der Waals surface area contributed by atoms with Gasteiger partial charge >= 0.3 is 0 Å². The van der Waals surface area contributed by atoms with Gasteiger partial charge in [-0.2, -0.15) is 0 Å². The first kappa shape index (κ1) is 11.8. The number of phenols is 1. The topological polar surface area (TPSA) is 57.5 Å². The van der Waals surface area contributed by atoms with Crippen LogP contribution in [-0.2, 0) is 5.75 Å². The molecule has 16 heavy (non-hydrogen) atoms. The van der Waals surface area contributed by atoms with Crippen LogP contribution < -0.4 is 0 Å². The highest BCUT2D eigenvalue weighted by atomic mass is 32.2. The number of hydrogen-bond donors (Lipinski definition) is 2. The van der Waals surface area contributed by atoms with Crippen molar-refractivity contribution in [3.8, 4) is 5.75 Å². The number of benzene rings is 1. The Labute approximate surface area is 102 Å². The summed E-state index contributed by atoms with van der Waals surface area (Å²) in [6.07, 6.45) is 0.101. The van der Waals surface area contributed by atoms with Crippen molar-refractivity contribution < 1.29 is 15.0 Å². The van der Waals surface area contributed by atoms with Crippen LogP contribution in [0, 0.1) is 0 Å². The molecule has 0 fully saturated rings. The van der Waals surface area contributed by atoms with E-state index in [1.807, 2.05) is 6.92 Å². The van der Waals surface area contributed by atoms with Crippen molar-refractivity contribution in [2.45, 2.75) is 30.1 Å². The molecule has 1 aliphatic rings. The molecule has 1 unspecified atom stereocenters. The molecule has 1 atom stereocenters. The molecule has 0 saturated heterocycles. The minimum absolute atomic E-state index is 0.00839. The molecule has 0 amide bonds. The third-order valence-electron chi connectivity index (χ3n) is 2.54. The third-order valence-corrected chi connectivity index (χ3v) is 4.64. The molecule has 0 bridgehead atoms. The summed E-state index contributed by atoms with van der Waals surface area (Å²) >= 11 is 2.26. The highest BCUT2D eigenvalue weighted by Crippen LogP contribution is 2.45. The summed E-state index contributed by atoms with van der Waals surface area (Å²) in [5.74, 6) is 0.655. The zero-order chi connectivity index (χ0) is 11.7. The highest BCUT2D eigenvalue weighted by Gasteiger charge is 2.24. The van der Waals surface area contributed by atoms with Gasteiger partial charge in [-0.3, -0.25) is 4.79 Å². The lowest BCUT2D eigenvalue weighted by Crippen LogP contribution is -2.06. The van der Waals surface area contributed by atoms with Crippen LogP contribution in [0.15, 0.2) is 17.0 Å². The van der Waals surface area contributed by atoms with E-state index < -0.39 is 6.10 Å². The molecule has 2 N–H and O–H groups in total. The van der Waals surface area contributed by atoms with Gasteiger partial charge in [-0.1, -0.05) is 24.8 Å². The minimum atomic E-state index is -0.524. The summed E-state index contributed by atoms with van der Waals surface area (Å²) in [6.45, 7) is 1.90. The summed E-state index contributed by atoms with van der Waals surface area (Å²) < 4.78 is -0.00839. The first-order chi connectivity index (χ1) is 7.63. The normalized spacial score (nSPS) is 17.0. The zero-order valence-corrected chi connectivity index (χ0v) is 10.4. The highest BCUT2D eigenvalue weighted by molar-refractivity contribution is 8.38. The van der Waals surface area contributed by atoms with E-state index in [1.54, 1.807) is 12.1 Å². The summed E-state index contributed by atoms with van der Waals surface area (Å²) in [6, 6.07) is 3.28. The molecule has 3 nitrogen and oxygen atoms in total. The van der Waals surface area contributed by atoms with Crippen molar-refractivity contribution in [1.82, 2.24) is 0 Å². The maximum absolute atomic E-state index is 11.3. The van der Waals surface area contributed by atoms with Gasteiger partial charge in [0, 0.05) is 5.75 Å². The van der Waals surface area contributed by atoms with Crippen LogP contribution in [0.1, 0.15) is 30.6 Å². The van der Waals surface area contributed by atoms with E-state index in [2.05, 4.69) is 0 Å². The lowest BCUT2D eigenvalue weighted by molar-refractivity contribution is 0.172. The molecule has 1 heterocycles. The quantitative estimate of drug-likeness (QED) is 0.850. The first-order valence-corrected chi connectivity index (χ1v) is 6.81. The Balaban J connectivity index is 2.50. The van der Waals surface area contributed by atoms with Crippen LogP contribution >= 0.6 is 23.5 Å². The number of aliphatic hydroxyl groups excluding tert-OH is 1. The summed E-state index contributed by atoms with van der Waals surface area (Å²) in [4.78, 5) is 11.9. The zero-order valence-electron chi connectivity index (χ0n) is 8.77. The maximum Gasteiger partial charge on any atom is 0.251 e. The van der Waals surface area contributed by atoms with Gasteiger partial charge in [0.25, 0.3) is 4.45 Å². The molecular formula is C11H12O3S2. The standard InChI is InChI=1S/C11H12O3S2/c1-2-8(12)6-3-4-9(13)10-7(6)5-15-11(14)16-10/h3-4,8,12-13H,2,5H2,1H3. The fourth-order valence-electron chi connectivity index (χ4n) is 1.67. The number of carbonyl (C=O) groups is 1. The second kappa shape index (κ2) is 4.69. The third kappa shape index (κ3) is 2.07. The molecule has 0 radical (unpaired) electrons. The fourth-order valence-corrected chi connectivity index (χ4v) is 3.65. The Bertz CT molecular complexity index is 431. The monoisotopic (exact) mass is 256 g/mol. The van der Waals surface area contributed by atoms with Crippen molar-refractivity contribution in [2.24, 2.45) is 0 Å². The van der Waals surface area contributed by atoms with Crippen LogP contribution in [0.4, 0.5) is 4.79 Å². The number of hydrogen-bond acceptors (Lipinski definition) is 5. The molecule has 1 aromatic carbocycles. The predicted molar refractivity (Wildman–Crippen MR) is 65.9 cm³/mol. The van der Waals surface area contributed by atoms with Gasteiger partial charge in [-0.15, -0.1) is 0 Å². The Morgan fingerprint density at radius 1 is 1.50 bits per heavy atom.